The summed E-state index contributed by atoms with van der Waals surface area (Å²) in [4.78, 5) is 9.99. The van der Waals surface area contributed by atoms with Crippen LogP contribution in [0.15, 0.2) is 54.3 Å². The van der Waals surface area contributed by atoms with Crippen LogP contribution in [0.5, 0.6) is 5.88 Å². The van der Waals surface area contributed by atoms with Gasteiger partial charge in [0.05, 0.1) is 19.9 Å². The first-order chi connectivity index (χ1) is 11.8. The molecule has 4 aromatic heterocycles. The van der Waals surface area contributed by atoms with Crippen LogP contribution in [0.4, 0.5) is 5.82 Å². The Labute approximate surface area is 142 Å². The summed E-state index contributed by atoms with van der Waals surface area (Å²) in [6, 6.07) is 9.86. The number of nitrogens with one attached hydrogen (secondary N) is 1. The van der Waals surface area contributed by atoms with E-state index in [1.807, 2.05) is 35.0 Å². The van der Waals surface area contributed by atoms with Gasteiger partial charge in [-0.3, -0.25) is 0 Å². The lowest BCUT2D eigenvalue weighted by atomic mass is 10.1. The maximum absolute atomic E-state index is 5.10. The number of hydrogen-bond acceptors (Lipinski definition) is 6. The predicted octanol–water partition coefficient (Wildman–Crippen LogP) is 3.47. The standard InChI is InChI=1S/C17H15N5OS/c1-23-16-5-4-12(9-20-16)14-11-21-22-15(6-7-18-17(14)22)19-10-13-3-2-8-24-13/h2-9,11,19H,10H2,1H3. The monoisotopic (exact) mass is 337 g/mol. The topological polar surface area (TPSA) is 64.3 Å². The second-order valence-corrected chi connectivity index (χ2v) is 6.18. The summed E-state index contributed by atoms with van der Waals surface area (Å²) in [6.07, 6.45) is 5.36. The summed E-state index contributed by atoms with van der Waals surface area (Å²) in [5.41, 5.74) is 2.68. The SMILES string of the molecule is COc1ccc(-c2cnn3c(NCc4cccs4)ccnc23)cn1. The predicted molar refractivity (Wildman–Crippen MR) is 94.4 cm³/mol. The molecule has 0 saturated carbocycles. The molecule has 0 bridgehead atoms. The Morgan fingerprint density at radius 2 is 2.12 bits per heavy atom. The van der Waals surface area contributed by atoms with E-state index >= 15 is 0 Å². The fraction of sp³-hybridized carbons (Fsp3) is 0.118. The molecule has 0 radical (unpaired) electrons. The quantitative estimate of drug-likeness (QED) is 0.604. The molecule has 7 heteroatoms. The van der Waals surface area contributed by atoms with Gasteiger partial charge in [0.1, 0.15) is 5.82 Å². The molecule has 24 heavy (non-hydrogen) atoms. The van der Waals surface area contributed by atoms with Crippen LogP contribution in [0.1, 0.15) is 4.88 Å². The molecule has 6 nitrogen and oxygen atoms in total. The van der Waals surface area contributed by atoms with Gasteiger partial charge in [0.2, 0.25) is 5.88 Å². The maximum Gasteiger partial charge on any atom is 0.212 e. The van der Waals surface area contributed by atoms with Crippen LogP contribution in [0.3, 0.4) is 0 Å². The maximum atomic E-state index is 5.10. The van der Waals surface area contributed by atoms with E-state index in [1.165, 1.54) is 4.88 Å². The summed E-state index contributed by atoms with van der Waals surface area (Å²) < 4.78 is 6.92. The van der Waals surface area contributed by atoms with Gasteiger partial charge in [-0.2, -0.15) is 9.61 Å². The molecule has 0 aliphatic carbocycles. The number of methoxy groups -OCH3 is 1. The third kappa shape index (κ3) is 2.69. The van der Waals surface area contributed by atoms with Crippen molar-refractivity contribution in [2.75, 3.05) is 12.4 Å². The van der Waals surface area contributed by atoms with E-state index in [1.54, 1.807) is 30.8 Å². The highest BCUT2D eigenvalue weighted by Gasteiger charge is 2.11. The minimum Gasteiger partial charge on any atom is -0.481 e. The number of nitrogens with zero attached hydrogens (tertiary/aromatic N) is 4. The normalized spacial score (nSPS) is 10.9. The first kappa shape index (κ1) is 14.6. The van der Waals surface area contributed by atoms with Crippen LogP contribution in [0.2, 0.25) is 0 Å². The smallest absolute Gasteiger partial charge is 0.212 e. The van der Waals surface area contributed by atoms with Crippen molar-refractivity contribution in [1.82, 2.24) is 19.6 Å². The van der Waals surface area contributed by atoms with Gasteiger partial charge in [0.25, 0.3) is 0 Å². The van der Waals surface area contributed by atoms with Crippen molar-refractivity contribution in [1.29, 1.82) is 0 Å². The molecule has 0 spiro atoms. The number of hydrogen-bond donors (Lipinski definition) is 1. The Morgan fingerprint density at radius 1 is 1.17 bits per heavy atom. The van der Waals surface area contributed by atoms with Crippen LogP contribution in [-0.2, 0) is 6.54 Å². The Balaban J connectivity index is 1.67. The molecule has 0 aliphatic heterocycles. The number of anilines is 1. The molecule has 1 N–H and O–H groups in total. The molecule has 0 amide bonds. The Bertz CT molecular complexity index is 947. The van der Waals surface area contributed by atoms with Crippen molar-refractivity contribution in [3.05, 3.63) is 59.2 Å². The zero-order valence-electron chi connectivity index (χ0n) is 13.0. The highest BCUT2D eigenvalue weighted by atomic mass is 32.1. The van der Waals surface area contributed by atoms with Crippen molar-refractivity contribution in [3.63, 3.8) is 0 Å². The first-order valence-electron chi connectivity index (χ1n) is 7.44. The molecule has 0 atom stereocenters. The highest BCUT2D eigenvalue weighted by molar-refractivity contribution is 7.09. The largest absolute Gasteiger partial charge is 0.481 e. The van der Waals surface area contributed by atoms with Gasteiger partial charge < -0.3 is 10.1 Å². The number of fused-ring (bicyclic) bond motifs is 1. The van der Waals surface area contributed by atoms with Crippen LogP contribution in [0, 0.1) is 0 Å². The molecule has 4 aromatic rings. The van der Waals surface area contributed by atoms with E-state index in [0.29, 0.717) is 5.88 Å². The molecule has 120 valence electrons. The van der Waals surface area contributed by atoms with E-state index in [-0.39, 0.29) is 0 Å². The molecule has 0 aliphatic rings. The van der Waals surface area contributed by atoms with Crippen molar-refractivity contribution < 1.29 is 4.74 Å². The lowest BCUT2D eigenvalue weighted by Crippen LogP contribution is -2.04. The number of pyridine rings is 1. The third-order valence-corrected chi connectivity index (χ3v) is 4.56. The summed E-state index contributed by atoms with van der Waals surface area (Å²) >= 11 is 1.73. The van der Waals surface area contributed by atoms with Gasteiger partial charge in [-0.25, -0.2) is 9.97 Å². The van der Waals surface area contributed by atoms with Gasteiger partial charge in [0, 0.05) is 34.5 Å². The van der Waals surface area contributed by atoms with E-state index in [0.717, 1.165) is 29.1 Å². The van der Waals surface area contributed by atoms with Gasteiger partial charge in [-0.1, -0.05) is 6.07 Å². The first-order valence-corrected chi connectivity index (χ1v) is 8.32. The average Bonchev–Trinajstić information content (AvgIpc) is 3.30. The number of thiophene rings is 1. The van der Waals surface area contributed by atoms with Crippen LogP contribution in [0.25, 0.3) is 16.8 Å². The Hall–Kier alpha value is -2.93. The Morgan fingerprint density at radius 3 is 2.88 bits per heavy atom. The molecule has 0 fully saturated rings. The second-order valence-electron chi connectivity index (χ2n) is 5.15. The lowest BCUT2D eigenvalue weighted by molar-refractivity contribution is 0.398. The van der Waals surface area contributed by atoms with Gasteiger partial charge >= 0.3 is 0 Å². The Kier molecular flexibility index (Phi) is 3.84. The summed E-state index contributed by atoms with van der Waals surface area (Å²) in [5.74, 6) is 1.49. The molecule has 0 saturated heterocycles. The molecule has 0 aromatic carbocycles. The summed E-state index contributed by atoms with van der Waals surface area (Å²) in [7, 11) is 1.60. The molecule has 4 rings (SSSR count). The molecular weight excluding hydrogens is 322 g/mol. The summed E-state index contributed by atoms with van der Waals surface area (Å²) in [5, 5.41) is 9.95. The average molecular weight is 337 g/mol. The zero-order valence-corrected chi connectivity index (χ0v) is 13.8. The van der Waals surface area contributed by atoms with Crippen molar-refractivity contribution in [2.45, 2.75) is 6.54 Å². The van der Waals surface area contributed by atoms with E-state index in [2.05, 4.69) is 31.8 Å². The van der Waals surface area contributed by atoms with Crippen LogP contribution >= 0.6 is 11.3 Å². The molecular formula is C17H15N5OS. The fourth-order valence-corrected chi connectivity index (χ4v) is 3.12. The van der Waals surface area contributed by atoms with Gasteiger partial charge in [-0.15, -0.1) is 11.3 Å². The number of rotatable bonds is 5. The van der Waals surface area contributed by atoms with Crippen LogP contribution < -0.4 is 10.1 Å². The van der Waals surface area contributed by atoms with E-state index < -0.39 is 0 Å². The highest BCUT2D eigenvalue weighted by Crippen LogP contribution is 2.25. The van der Waals surface area contributed by atoms with Gasteiger partial charge in [0.15, 0.2) is 5.65 Å². The minimum atomic E-state index is 0.585. The number of ether oxygens (including phenoxy) is 1. The van der Waals surface area contributed by atoms with E-state index in [4.69, 9.17) is 4.74 Å². The van der Waals surface area contributed by atoms with Crippen LogP contribution in [-0.4, -0.2) is 26.7 Å². The van der Waals surface area contributed by atoms with Crippen molar-refractivity contribution in [2.24, 2.45) is 0 Å². The van der Waals surface area contributed by atoms with E-state index in [9.17, 15) is 0 Å². The lowest BCUT2D eigenvalue weighted by Gasteiger charge is -2.07. The minimum absolute atomic E-state index is 0.585. The fourth-order valence-electron chi connectivity index (χ4n) is 2.48. The van der Waals surface area contributed by atoms with Crippen molar-refractivity contribution in [3.8, 4) is 17.0 Å². The van der Waals surface area contributed by atoms with Gasteiger partial charge in [-0.05, 0) is 23.6 Å². The summed E-state index contributed by atoms with van der Waals surface area (Å²) in [6.45, 7) is 0.760. The molecule has 0 unspecified atom stereocenters. The molecule has 4 heterocycles. The second kappa shape index (κ2) is 6.29. The number of aromatic nitrogens is 4. The third-order valence-electron chi connectivity index (χ3n) is 3.68. The zero-order chi connectivity index (χ0) is 16.4. The van der Waals surface area contributed by atoms with Crippen molar-refractivity contribution >= 4 is 22.8 Å².